The van der Waals surface area contributed by atoms with Crippen LogP contribution in [-0.4, -0.2) is 22.6 Å². The monoisotopic (exact) mass is 221 g/mol. The molecule has 0 aliphatic rings. The van der Waals surface area contributed by atoms with Crippen LogP contribution in [0.1, 0.15) is 0 Å². The van der Waals surface area contributed by atoms with Crippen molar-refractivity contribution in [2.75, 3.05) is 11.9 Å². The normalized spacial score (nSPS) is 11.1. The van der Waals surface area contributed by atoms with Crippen LogP contribution in [0.15, 0.2) is 18.3 Å². The van der Waals surface area contributed by atoms with E-state index < -0.39 is 23.5 Å². The van der Waals surface area contributed by atoms with E-state index in [0.29, 0.717) is 0 Å². The Morgan fingerprint density at radius 3 is 2.73 bits per heavy atom. The van der Waals surface area contributed by atoms with Gasteiger partial charge in [0.25, 0.3) is 0 Å². The number of hydrogen-bond acceptors (Lipinski definition) is 4. The predicted molar refractivity (Wildman–Crippen MR) is 45.4 cm³/mol. The van der Waals surface area contributed by atoms with Crippen molar-refractivity contribution >= 4 is 11.5 Å². The molecule has 1 aromatic heterocycles. The van der Waals surface area contributed by atoms with Crippen LogP contribution in [0.3, 0.4) is 0 Å². The zero-order chi connectivity index (χ0) is 11.5. The van der Waals surface area contributed by atoms with Crippen molar-refractivity contribution in [1.82, 2.24) is 4.98 Å². The molecule has 0 saturated carbocycles. The molecule has 1 aromatic rings. The summed E-state index contributed by atoms with van der Waals surface area (Å²) in [6, 6.07) is 2.47. The fourth-order valence-electron chi connectivity index (χ4n) is 0.876. The second-order valence-electron chi connectivity index (χ2n) is 2.60. The molecule has 1 rings (SSSR count). The van der Waals surface area contributed by atoms with Crippen molar-refractivity contribution in [2.24, 2.45) is 0 Å². The van der Waals surface area contributed by atoms with E-state index >= 15 is 0 Å². The van der Waals surface area contributed by atoms with Crippen molar-refractivity contribution in [3.8, 4) is 0 Å². The van der Waals surface area contributed by atoms with Crippen LogP contribution in [0.5, 0.6) is 0 Å². The molecule has 0 aliphatic heterocycles. The topological polar surface area (TPSA) is 68.1 Å². The second kappa shape index (κ2) is 4.11. The number of rotatable bonds is 3. The van der Waals surface area contributed by atoms with Gasteiger partial charge in [0.1, 0.15) is 18.4 Å². The number of nitrogens with zero attached hydrogens (tertiary/aromatic N) is 2. The first-order valence-electron chi connectivity index (χ1n) is 3.80. The van der Waals surface area contributed by atoms with Crippen LogP contribution in [0, 0.1) is 10.1 Å². The van der Waals surface area contributed by atoms with Crippen LogP contribution in [-0.2, 0) is 0 Å². The van der Waals surface area contributed by atoms with Gasteiger partial charge in [0.2, 0.25) is 0 Å². The Balaban J connectivity index is 2.81. The number of hydrogen-bond donors (Lipinski definition) is 1. The van der Waals surface area contributed by atoms with Crippen molar-refractivity contribution < 1.29 is 18.1 Å². The average Bonchev–Trinajstić information content (AvgIpc) is 2.14. The summed E-state index contributed by atoms with van der Waals surface area (Å²) in [6.07, 6.45) is -3.29. The first-order valence-corrected chi connectivity index (χ1v) is 3.80. The lowest BCUT2D eigenvalue weighted by Gasteiger charge is -2.08. The van der Waals surface area contributed by atoms with Gasteiger partial charge in [-0.25, -0.2) is 0 Å². The Labute approximate surface area is 82.1 Å². The summed E-state index contributed by atoms with van der Waals surface area (Å²) in [6.45, 7) is -1.33. The third-order valence-corrected chi connectivity index (χ3v) is 1.44. The van der Waals surface area contributed by atoms with E-state index in [2.05, 4.69) is 4.98 Å². The highest BCUT2D eigenvalue weighted by molar-refractivity contribution is 5.56. The summed E-state index contributed by atoms with van der Waals surface area (Å²) in [5.41, 5.74) is -0.250. The first-order chi connectivity index (χ1) is 6.90. The molecular weight excluding hydrogens is 215 g/mol. The maximum absolute atomic E-state index is 11.8. The molecule has 0 aromatic carbocycles. The van der Waals surface area contributed by atoms with Crippen LogP contribution < -0.4 is 5.32 Å². The molecule has 0 spiro atoms. The Hall–Kier alpha value is -1.86. The maximum Gasteiger partial charge on any atom is 0.405 e. The lowest BCUT2D eigenvalue weighted by atomic mass is 10.4. The fraction of sp³-hybridized carbons (Fsp3) is 0.286. The van der Waals surface area contributed by atoms with Crippen molar-refractivity contribution in [3.05, 3.63) is 28.4 Å². The van der Waals surface area contributed by atoms with Crippen LogP contribution in [0.2, 0.25) is 0 Å². The van der Waals surface area contributed by atoms with Gasteiger partial charge >= 0.3 is 12.0 Å². The maximum atomic E-state index is 11.8. The molecule has 15 heavy (non-hydrogen) atoms. The number of nitro groups is 1. The van der Waals surface area contributed by atoms with E-state index in [1.807, 2.05) is 5.32 Å². The molecule has 0 bridgehead atoms. The third kappa shape index (κ3) is 3.41. The summed E-state index contributed by atoms with van der Waals surface area (Å²) >= 11 is 0. The number of alkyl halides is 3. The third-order valence-electron chi connectivity index (χ3n) is 1.44. The molecule has 0 amide bonds. The summed E-state index contributed by atoms with van der Waals surface area (Å²) < 4.78 is 35.5. The lowest BCUT2D eigenvalue weighted by molar-refractivity contribution is -0.388. The van der Waals surface area contributed by atoms with E-state index in [4.69, 9.17) is 0 Å². The summed E-state index contributed by atoms with van der Waals surface area (Å²) in [5.74, 6) is -0.623. The zero-order valence-electron chi connectivity index (χ0n) is 7.28. The molecule has 0 radical (unpaired) electrons. The van der Waals surface area contributed by atoms with Gasteiger partial charge in [-0.3, -0.25) is 0 Å². The standard InChI is InChI=1S/C7H6F3N3O2/c8-7(9,10)4-12-5-2-1-3-11-6(5)13(14)15/h1-3,12H,4H2. The van der Waals surface area contributed by atoms with E-state index in [0.717, 1.165) is 12.3 Å². The van der Waals surface area contributed by atoms with Crippen molar-refractivity contribution in [1.29, 1.82) is 0 Å². The molecule has 8 heteroatoms. The van der Waals surface area contributed by atoms with Crippen LogP contribution in [0.4, 0.5) is 24.7 Å². The molecule has 5 nitrogen and oxygen atoms in total. The van der Waals surface area contributed by atoms with Crippen molar-refractivity contribution in [3.63, 3.8) is 0 Å². The van der Waals surface area contributed by atoms with Crippen LogP contribution in [0.25, 0.3) is 0 Å². The number of anilines is 1. The highest BCUT2D eigenvalue weighted by Gasteiger charge is 2.28. The molecular formula is C7H6F3N3O2. The Kier molecular flexibility index (Phi) is 3.08. The SMILES string of the molecule is O=[N+]([O-])c1ncccc1NCC(F)(F)F. The van der Waals surface area contributed by atoms with Gasteiger partial charge in [-0.15, -0.1) is 0 Å². The zero-order valence-corrected chi connectivity index (χ0v) is 7.28. The van der Waals surface area contributed by atoms with Gasteiger partial charge in [-0.2, -0.15) is 13.2 Å². The molecule has 82 valence electrons. The number of halogens is 3. The summed E-state index contributed by atoms with van der Waals surface area (Å²) in [5, 5.41) is 12.3. The molecule has 0 aliphatic carbocycles. The van der Waals surface area contributed by atoms with E-state index in [1.54, 1.807) is 0 Å². The van der Waals surface area contributed by atoms with Gasteiger partial charge < -0.3 is 15.4 Å². The van der Waals surface area contributed by atoms with Gasteiger partial charge in [0.15, 0.2) is 0 Å². The van der Waals surface area contributed by atoms with Gasteiger partial charge in [-0.05, 0) is 22.0 Å². The van der Waals surface area contributed by atoms with E-state index in [1.165, 1.54) is 6.07 Å². The Bertz CT molecular complexity index is 367. The molecule has 1 heterocycles. The summed E-state index contributed by atoms with van der Waals surface area (Å²) in [7, 11) is 0. The Morgan fingerprint density at radius 2 is 2.20 bits per heavy atom. The quantitative estimate of drug-likeness (QED) is 0.625. The number of nitrogens with one attached hydrogen (secondary N) is 1. The largest absolute Gasteiger partial charge is 0.405 e. The minimum absolute atomic E-state index is 0.250. The predicted octanol–water partition coefficient (Wildman–Crippen LogP) is 1.96. The molecule has 0 unspecified atom stereocenters. The highest BCUT2D eigenvalue weighted by Crippen LogP contribution is 2.22. The van der Waals surface area contributed by atoms with E-state index in [9.17, 15) is 23.3 Å². The fourth-order valence-corrected chi connectivity index (χ4v) is 0.876. The Morgan fingerprint density at radius 1 is 1.53 bits per heavy atom. The van der Waals surface area contributed by atoms with Gasteiger partial charge in [-0.1, -0.05) is 0 Å². The number of aromatic nitrogens is 1. The highest BCUT2D eigenvalue weighted by atomic mass is 19.4. The minimum Gasteiger partial charge on any atom is -0.370 e. The molecule has 0 saturated heterocycles. The summed E-state index contributed by atoms with van der Waals surface area (Å²) in [4.78, 5) is 12.9. The lowest BCUT2D eigenvalue weighted by Crippen LogP contribution is -2.21. The van der Waals surface area contributed by atoms with Crippen LogP contribution >= 0.6 is 0 Å². The molecule has 1 N–H and O–H groups in total. The minimum atomic E-state index is -4.43. The second-order valence-corrected chi connectivity index (χ2v) is 2.60. The molecule has 0 fully saturated rings. The first kappa shape index (κ1) is 11.2. The van der Waals surface area contributed by atoms with E-state index in [-0.39, 0.29) is 5.69 Å². The van der Waals surface area contributed by atoms with Crippen molar-refractivity contribution in [2.45, 2.75) is 6.18 Å². The average molecular weight is 221 g/mol. The smallest absolute Gasteiger partial charge is 0.370 e. The van der Waals surface area contributed by atoms with Gasteiger partial charge in [0, 0.05) is 0 Å². The van der Waals surface area contributed by atoms with Gasteiger partial charge in [0.05, 0.1) is 0 Å². The molecule has 0 atom stereocenters. The number of pyridine rings is 1.